The molecule has 0 bridgehead atoms. The molecule has 4 rings (SSSR count). The number of nitrogens with one attached hydrogen (secondary N) is 2. The molecule has 7 heteroatoms. The van der Waals surface area contributed by atoms with Crippen molar-refractivity contribution in [2.75, 3.05) is 13.1 Å². The third-order valence-corrected chi connectivity index (χ3v) is 3.45. The number of rotatable bonds is 0. The van der Waals surface area contributed by atoms with E-state index in [1.807, 2.05) is 18.5 Å². The fourth-order valence-corrected chi connectivity index (χ4v) is 2.47. The van der Waals surface area contributed by atoms with Crippen LogP contribution < -0.4 is 5.32 Å². The molecule has 0 amide bonds. The van der Waals surface area contributed by atoms with Crippen LogP contribution in [0.25, 0.3) is 16.7 Å². The van der Waals surface area contributed by atoms with Gasteiger partial charge >= 0.3 is 49.9 Å². The maximum atomic E-state index is 4.42. The number of nitrogens with zero attached hydrogens (tertiary/aromatic N) is 2. The summed E-state index contributed by atoms with van der Waals surface area (Å²) in [5, 5.41) is 11.8. The molecule has 1 saturated heterocycles. The quantitative estimate of drug-likeness (QED) is 0.369. The van der Waals surface area contributed by atoms with E-state index in [-0.39, 0.29) is 0 Å². The average Bonchev–Trinajstić information content (AvgIpc) is 3.17. The van der Waals surface area contributed by atoms with Crippen LogP contribution in [-0.2, 0) is 11.2 Å². The van der Waals surface area contributed by atoms with Crippen LogP contribution in [0.4, 0.5) is 5.82 Å². The molecule has 2 N–H and O–H groups in total. The van der Waals surface area contributed by atoms with Gasteiger partial charge in [0.1, 0.15) is 0 Å². The van der Waals surface area contributed by atoms with Gasteiger partial charge < -0.3 is 20.9 Å². The van der Waals surface area contributed by atoms with Crippen molar-refractivity contribution in [1.82, 2.24) is 10.3 Å². The Bertz CT molecular complexity index is 475. The molecule has 1 aromatic heterocycles. The fourth-order valence-electron chi connectivity index (χ4n) is 2.47. The minimum absolute atomic E-state index is 0.429. The molecule has 2 unspecified atom stereocenters. The van der Waals surface area contributed by atoms with Crippen molar-refractivity contribution in [3.05, 3.63) is 46.8 Å². The van der Waals surface area contributed by atoms with Crippen molar-refractivity contribution in [3.8, 4) is 0 Å². The zero-order valence-electron chi connectivity index (χ0n) is 11.4. The number of fused-ring (bicyclic) bond motifs is 2. The van der Waals surface area contributed by atoms with Crippen LogP contribution in [0.2, 0.25) is 0 Å². The standard InChI is InChI=1S/C7H11N2.C7H7N2.2HI.Pt/c2*1-2-6-3-5-9-7(6)8-4-1;;;/h3,5-7,9H,1-2,4H2;1-3,5,9H,4H2;2*1H;/q2*-1;;;+4/p-2. The predicted octanol–water partition coefficient (Wildman–Crippen LogP) is 5.03. The summed E-state index contributed by atoms with van der Waals surface area (Å²) in [6.45, 7) is 1.86. The molecule has 2 atom stereocenters. The Balaban J connectivity index is 0.000000130. The normalized spacial score (nSPS) is 24.5. The predicted molar refractivity (Wildman–Crippen MR) is 103 cm³/mol. The Kier molecular flexibility index (Phi) is 8.72. The Hall–Kier alpha value is 0.468. The molecule has 1 fully saturated rings. The van der Waals surface area contributed by atoms with E-state index in [4.69, 9.17) is 0 Å². The van der Waals surface area contributed by atoms with Gasteiger partial charge in [0.2, 0.25) is 0 Å². The Morgan fingerprint density at radius 1 is 1.33 bits per heavy atom. The van der Waals surface area contributed by atoms with Crippen molar-refractivity contribution >= 4 is 50.6 Å². The molecule has 3 aliphatic heterocycles. The summed E-state index contributed by atoms with van der Waals surface area (Å²) in [5.74, 6) is 1.72. The first-order chi connectivity index (χ1) is 10.3. The van der Waals surface area contributed by atoms with E-state index in [0.717, 1.165) is 18.9 Å². The van der Waals surface area contributed by atoms with Gasteiger partial charge in [0.15, 0.2) is 0 Å². The van der Waals surface area contributed by atoms with E-state index >= 15 is 0 Å². The van der Waals surface area contributed by atoms with Crippen LogP contribution in [0, 0.1) is 5.92 Å². The van der Waals surface area contributed by atoms with Crippen LogP contribution in [0.1, 0.15) is 18.4 Å². The molecule has 0 aliphatic carbocycles. The molecule has 0 radical (unpaired) electrons. The summed E-state index contributed by atoms with van der Waals surface area (Å²) in [4.78, 5) is 3.04. The topological polar surface area (TPSA) is 56.0 Å². The van der Waals surface area contributed by atoms with Gasteiger partial charge in [-0.15, -0.1) is 6.54 Å². The van der Waals surface area contributed by atoms with E-state index in [9.17, 15) is 0 Å². The second kappa shape index (κ2) is 10.3. The molecule has 1 aromatic rings. The zero-order chi connectivity index (χ0) is 14.9. The summed E-state index contributed by atoms with van der Waals surface area (Å²) in [5.41, 5.74) is 1.20. The van der Waals surface area contributed by atoms with Gasteiger partial charge in [-0.2, -0.15) is 0 Å². The monoisotopic (exact) mass is 691 g/mol. The summed E-state index contributed by atoms with van der Waals surface area (Å²) in [6, 6.07) is 2.02. The maximum absolute atomic E-state index is 4.42. The van der Waals surface area contributed by atoms with Crippen molar-refractivity contribution in [2.45, 2.75) is 19.0 Å². The Labute approximate surface area is 155 Å². The van der Waals surface area contributed by atoms with Gasteiger partial charge in [0.05, 0.1) is 0 Å². The SMILES string of the molecule is C1=CC2CCC[N-]C2N1.C1=Cc2cc[nH]c2[N-]C1.[I][Pt+2][I]. The van der Waals surface area contributed by atoms with Gasteiger partial charge in [-0.3, -0.25) is 0 Å². The number of hydrogen-bond acceptors (Lipinski definition) is 1. The molecule has 4 nitrogen and oxygen atoms in total. The fraction of sp³-hybridized carbons (Fsp3) is 0.429. The summed E-state index contributed by atoms with van der Waals surface area (Å²) >= 11 is 5.30. The van der Waals surface area contributed by atoms with Gasteiger partial charge in [0, 0.05) is 0 Å². The molecule has 0 spiro atoms. The number of halogens is 2. The van der Waals surface area contributed by atoms with Gasteiger partial charge in [0.25, 0.3) is 0 Å². The van der Waals surface area contributed by atoms with Crippen molar-refractivity contribution in [2.24, 2.45) is 5.92 Å². The van der Waals surface area contributed by atoms with Crippen LogP contribution >= 0.6 is 38.7 Å². The second-order valence-electron chi connectivity index (χ2n) is 4.75. The summed E-state index contributed by atoms with van der Waals surface area (Å²) in [7, 11) is 0. The van der Waals surface area contributed by atoms with Crippen molar-refractivity contribution < 1.29 is 11.2 Å². The first-order valence-electron chi connectivity index (χ1n) is 6.78. The first-order valence-corrected chi connectivity index (χ1v) is 19.7. The molecule has 0 aromatic carbocycles. The van der Waals surface area contributed by atoms with Gasteiger partial charge in [-0.25, -0.2) is 0 Å². The molecular weight excluding hydrogens is 673 g/mol. The minimum atomic E-state index is 0.429. The number of H-pyrrole nitrogens is 1. The third-order valence-electron chi connectivity index (χ3n) is 3.45. The summed E-state index contributed by atoms with van der Waals surface area (Å²) in [6.07, 6.45) is 13.3. The van der Waals surface area contributed by atoms with Crippen LogP contribution in [0.5, 0.6) is 0 Å². The average molecular weight is 691 g/mol. The Morgan fingerprint density at radius 2 is 2.19 bits per heavy atom. The third kappa shape index (κ3) is 5.88. The van der Waals surface area contributed by atoms with E-state index < -0.39 is 0 Å². The molecule has 3 aliphatic rings. The number of aromatic amines is 1. The van der Waals surface area contributed by atoms with E-state index in [1.165, 1.54) is 18.4 Å². The number of piperidine rings is 1. The van der Waals surface area contributed by atoms with E-state index in [0.29, 0.717) is 23.3 Å². The van der Waals surface area contributed by atoms with Gasteiger partial charge in [-0.1, -0.05) is 48.9 Å². The molecule has 0 saturated carbocycles. The van der Waals surface area contributed by atoms with Gasteiger partial charge in [-0.05, 0) is 30.6 Å². The van der Waals surface area contributed by atoms with Crippen molar-refractivity contribution in [3.63, 3.8) is 0 Å². The number of hydrogen-bond donors (Lipinski definition) is 2. The van der Waals surface area contributed by atoms with Crippen molar-refractivity contribution in [1.29, 1.82) is 0 Å². The van der Waals surface area contributed by atoms with Crippen LogP contribution in [0.15, 0.2) is 30.6 Å². The van der Waals surface area contributed by atoms with E-state index in [2.05, 4.69) is 77.9 Å². The second-order valence-corrected chi connectivity index (χ2v) is 21.3. The molecule has 4 heterocycles. The zero-order valence-corrected chi connectivity index (χ0v) is 18.0. The number of aromatic nitrogens is 1. The molecule has 21 heavy (non-hydrogen) atoms. The Morgan fingerprint density at radius 3 is 2.95 bits per heavy atom. The molecular formula is C14H18I2N4Pt. The van der Waals surface area contributed by atoms with Crippen LogP contribution in [-0.4, -0.2) is 24.2 Å². The first kappa shape index (κ1) is 17.8. The summed E-state index contributed by atoms with van der Waals surface area (Å²) < 4.78 is 0. The molecule has 118 valence electrons. The van der Waals surface area contributed by atoms with Crippen LogP contribution in [0.3, 0.4) is 0 Å². The van der Waals surface area contributed by atoms with E-state index in [1.54, 1.807) is 0 Å².